The van der Waals surface area contributed by atoms with Gasteiger partial charge < -0.3 is 45.5 Å². The molecule has 1 saturated carbocycles. The van der Waals surface area contributed by atoms with Crippen molar-refractivity contribution in [1.29, 1.82) is 0 Å². The number of aliphatic imine (C=N–C) groups is 1. The van der Waals surface area contributed by atoms with Crippen LogP contribution in [0.1, 0.15) is 5.56 Å². The van der Waals surface area contributed by atoms with Crippen molar-refractivity contribution < 1.29 is 54.6 Å². The predicted molar refractivity (Wildman–Crippen MR) is 98.2 cm³/mol. The van der Waals surface area contributed by atoms with Crippen LogP contribution in [0.15, 0.2) is 29.3 Å². The second kappa shape index (κ2) is 6.50. The molecule has 1 aliphatic heterocycles. The number of halogens is 2. The van der Waals surface area contributed by atoms with Gasteiger partial charge in [0.05, 0.1) is 5.69 Å². The molecule has 1 fully saturated rings. The molecule has 1 aliphatic carbocycles. The normalized spacial score (nSPS) is 47.3. The van der Waals surface area contributed by atoms with E-state index in [0.717, 1.165) is 0 Å². The van der Waals surface area contributed by atoms with Gasteiger partial charge in [-0.25, -0.2) is 9.09 Å². The Kier molecular flexibility index (Phi) is 5.19. The molecule has 1 unspecified atom stereocenters. The van der Waals surface area contributed by atoms with Crippen LogP contribution in [0.25, 0.3) is 0 Å². The van der Waals surface area contributed by atoms with Gasteiger partial charge >= 0.3 is 7.82 Å². The lowest BCUT2D eigenvalue weighted by Crippen LogP contribution is -2.88. The third-order valence-corrected chi connectivity index (χ3v) is 7.41. The second-order valence-corrected chi connectivity index (χ2v) is 9.66. The van der Waals surface area contributed by atoms with Crippen LogP contribution < -0.4 is 0 Å². The van der Waals surface area contributed by atoms with Crippen molar-refractivity contribution in [2.45, 2.75) is 38.8 Å². The first-order chi connectivity index (χ1) is 13.0. The third-order valence-electron chi connectivity index (χ3n) is 5.06. The molecule has 12 nitrogen and oxygen atoms in total. The van der Waals surface area contributed by atoms with E-state index in [4.69, 9.17) is 21.4 Å². The standard InChI is InChI=1S/C14H16BrClNO11P/c15-13(23)9(19)11(21,28-29(25,26)27)8(18)12(22,14(13,16)24)10(20)5-17-7-4-2-1-3-6(7)10/h1-5,8-9,18-24H,(H2,25,26,27)/t8-,9-,10?,11+,12+,13+,14+/m0/s1. The average Bonchev–Trinajstić information content (AvgIpc) is 2.95. The van der Waals surface area contributed by atoms with Gasteiger partial charge in [0.25, 0.3) is 0 Å². The van der Waals surface area contributed by atoms with E-state index < -0.39 is 46.6 Å². The third kappa shape index (κ3) is 2.83. The summed E-state index contributed by atoms with van der Waals surface area (Å²) in [5.41, 5.74) is -6.86. The van der Waals surface area contributed by atoms with Gasteiger partial charge in [0.15, 0.2) is 21.8 Å². The van der Waals surface area contributed by atoms with Crippen molar-refractivity contribution >= 4 is 47.3 Å². The highest BCUT2D eigenvalue weighted by Crippen LogP contribution is 2.62. The Labute approximate surface area is 175 Å². The lowest BCUT2D eigenvalue weighted by Gasteiger charge is -2.61. The molecule has 0 radical (unpaired) electrons. The molecule has 0 saturated heterocycles. The number of alkyl halides is 2. The maximum absolute atomic E-state index is 11.3. The highest BCUT2D eigenvalue weighted by Gasteiger charge is 2.84. The molecular weight excluding hydrogens is 504 g/mol. The summed E-state index contributed by atoms with van der Waals surface area (Å²) in [6.07, 6.45) is -5.47. The summed E-state index contributed by atoms with van der Waals surface area (Å²) >= 11 is 8.28. The van der Waals surface area contributed by atoms with E-state index in [2.05, 4.69) is 25.4 Å². The van der Waals surface area contributed by atoms with Crippen molar-refractivity contribution in [3.8, 4) is 0 Å². The highest BCUT2D eigenvalue weighted by molar-refractivity contribution is 9.10. The summed E-state index contributed by atoms with van der Waals surface area (Å²) in [6.45, 7) is 0. The lowest BCUT2D eigenvalue weighted by molar-refractivity contribution is -0.397. The minimum absolute atomic E-state index is 0.0340. The fraction of sp³-hybridized carbons (Fsp3) is 0.500. The van der Waals surface area contributed by atoms with Gasteiger partial charge in [0.1, 0.15) is 6.10 Å². The number of hydrogen-bond donors (Lipinski definition) is 9. The van der Waals surface area contributed by atoms with Crippen LogP contribution in [0.3, 0.4) is 0 Å². The minimum Gasteiger partial charge on any atom is -0.384 e. The molecular formula is C14H16BrClNO11P. The number of hydrogen-bond acceptors (Lipinski definition) is 10. The summed E-state index contributed by atoms with van der Waals surface area (Å²) in [5.74, 6) is -3.85. The number of fused-ring (bicyclic) bond motifs is 1. The Hall–Kier alpha value is -0.510. The molecule has 0 amide bonds. The summed E-state index contributed by atoms with van der Waals surface area (Å²) in [4.78, 5) is 22.0. The van der Waals surface area contributed by atoms with Crippen LogP contribution in [-0.4, -0.2) is 84.9 Å². The Morgan fingerprint density at radius 1 is 1.07 bits per heavy atom. The number of aliphatic hydroxyl groups excluding tert-OH is 2. The van der Waals surface area contributed by atoms with Crippen molar-refractivity contribution in [3.63, 3.8) is 0 Å². The molecule has 7 atom stereocenters. The first-order valence-corrected chi connectivity index (χ1v) is 10.4. The molecule has 1 aromatic rings. The van der Waals surface area contributed by atoms with Crippen LogP contribution in [-0.2, 0) is 14.7 Å². The molecule has 2 aliphatic rings. The van der Waals surface area contributed by atoms with Crippen LogP contribution in [0.5, 0.6) is 0 Å². The number of nitrogens with zero attached hydrogens (tertiary/aromatic N) is 1. The first kappa shape index (κ1) is 23.2. The van der Waals surface area contributed by atoms with Crippen molar-refractivity contribution in [1.82, 2.24) is 0 Å². The maximum Gasteiger partial charge on any atom is 0.472 e. The SMILES string of the molecule is O=P(O)(O)O[C@@]1(O)[C@H](O)[C@](O)(Br)[C@@](O)(Cl)[C@](O)(C2(O)C=Nc3ccccc32)[C@H]1O. The Bertz CT molecular complexity index is 925. The summed E-state index contributed by atoms with van der Waals surface area (Å²) < 4.78 is 12.0. The van der Waals surface area contributed by atoms with E-state index in [1.165, 1.54) is 24.3 Å². The number of phosphoric ester groups is 1. The van der Waals surface area contributed by atoms with Gasteiger partial charge in [-0.3, -0.25) is 4.99 Å². The molecule has 1 aromatic carbocycles. The molecule has 0 bridgehead atoms. The van der Waals surface area contributed by atoms with Crippen molar-refractivity contribution in [2.24, 2.45) is 4.99 Å². The van der Waals surface area contributed by atoms with Gasteiger partial charge in [-0.1, -0.05) is 29.8 Å². The topological polar surface area (TPSA) is 221 Å². The summed E-state index contributed by atoms with van der Waals surface area (Å²) in [5, 5.41) is 71.7. The average molecular weight is 521 g/mol. The van der Waals surface area contributed by atoms with E-state index >= 15 is 0 Å². The molecule has 15 heteroatoms. The van der Waals surface area contributed by atoms with E-state index in [1.54, 1.807) is 0 Å². The van der Waals surface area contributed by atoms with Crippen LogP contribution in [0.4, 0.5) is 5.69 Å². The van der Waals surface area contributed by atoms with E-state index in [0.29, 0.717) is 6.21 Å². The molecule has 0 spiro atoms. The van der Waals surface area contributed by atoms with Crippen LogP contribution in [0, 0.1) is 0 Å². The molecule has 1 heterocycles. The van der Waals surface area contributed by atoms with Gasteiger partial charge in [0.2, 0.25) is 10.8 Å². The number of para-hydroxylation sites is 1. The van der Waals surface area contributed by atoms with Gasteiger partial charge in [0, 0.05) is 11.8 Å². The molecule has 29 heavy (non-hydrogen) atoms. The van der Waals surface area contributed by atoms with Crippen LogP contribution >= 0.6 is 35.4 Å². The smallest absolute Gasteiger partial charge is 0.384 e. The highest BCUT2D eigenvalue weighted by atomic mass is 79.9. The van der Waals surface area contributed by atoms with E-state index in [9.17, 15) is 40.3 Å². The summed E-state index contributed by atoms with van der Waals surface area (Å²) in [7, 11) is -5.70. The van der Waals surface area contributed by atoms with E-state index in [1.807, 2.05) is 0 Å². The molecule has 3 rings (SSSR count). The lowest BCUT2D eigenvalue weighted by atomic mass is 9.62. The number of aliphatic hydroxyl groups is 7. The second-order valence-electron chi connectivity index (χ2n) is 6.74. The number of phosphoric acid groups is 1. The number of rotatable bonds is 3. The fourth-order valence-corrected chi connectivity index (χ4v) is 5.11. The molecule has 0 aromatic heterocycles. The minimum atomic E-state index is -5.70. The Morgan fingerprint density at radius 3 is 2.17 bits per heavy atom. The van der Waals surface area contributed by atoms with Gasteiger partial charge in [-0.2, -0.15) is 0 Å². The Morgan fingerprint density at radius 2 is 1.62 bits per heavy atom. The quantitative estimate of drug-likeness (QED) is 0.119. The van der Waals surface area contributed by atoms with Gasteiger partial charge in [-0.05, 0) is 22.0 Å². The van der Waals surface area contributed by atoms with Gasteiger partial charge in [-0.15, -0.1) is 0 Å². The van der Waals surface area contributed by atoms with Crippen molar-refractivity contribution in [2.75, 3.05) is 0 Å². The zero-order valence-electron chi connectivity index (χ0n) is 14.0. The number of benzene rings is 1. The zero-order chi connectivity index (χ0) is 22.3. The Balaban J connectivity index is 2.32. The monoisotopic (exact) mass is 519 g/mol. The van der Waals surface area contributed by atoms with Crippen molar-refractivity contribution in [3.05, 3.63) is 29.8 Å². The summed E-state index contributed by atoms with van der Waals surface area (Å²) in [6, 6.07) is 5.43. The maximum atomic E-state index is 11.3. The largest absolute Gasteiger partial charge is 0.472 e. The van der Waals surface area contributed by atoms with Crippen LogP contribution in [0.2, 0.25) is 0 Å². The molecule has 9 N–H and O–H groups in total. The zero-order valence-corrected chi connectivity index (χ0v) is 17.3. The fourth-order valence-electron chi connectivity index (χ4n) is 3.55. The first-order valence-electron chi connectivity index (χ1n) is 7.73. The molecule has 162 valence electrons. The predicted octanol–water partition coefficient (Wildman–Crippen LogP) is -2.13. The van der Waals surface area contributed by atoms with E-state index in [-0.39, 0.29) is 11.3 Å².